The summed E-state index contributed by atoms with van der Waals surface area (Å²) in [7, 11) is 0. The van der Waals surface area contributed by atoms with E-state index in [1.54, 1.807) is 0 Å². The van der Waals surface area contributed by atoms with Crippen molar-refractivity contribution in [2.45, 2.75) is 5.41 Å². The van der Waals surface area contributed by atoms with Crippen molar-refractivity contribution in [2.24, 2.45) is 0 Å². The van der Waals surface area contributed by atoms with Crippen LogP contribution in [0.3, 0.4) is 0 Å². The highest BCUT2D eigenvalue weighted by Crippen LogP contribution is 2.57. The number of para-hydroxylation sites is 2. The molecule has 0 atom stereocenters. The van der Waals surface area contributed by atoms with E-state index < -0.39 is 5.41 Å². The first-order chi connectivity index (χ1) is 31.3. The Hall–Kier alpha value is -8.20. The fraction of sp³-hybridized carbons (Fsp3) is 0.0164. The van der Waals surface area contributed by atoms with Gasteiger partial charge in [0.15, 0.2) is 0 Å². The van der Waals surface area contributed by atoms with Crippen molar-refractivity contribution in [2.75, 3.05) is 0 Å². The zero-order valence-electron chi connectivity index (χ0n) is 34.5. The lowest BCUT2D eigenvalue weighted by atomic mass is 9.67. The molecule has 2 nitrogen and oxygen atoms in total. The molecule has 0 saturated heterocycles. The molecule has 0 amide bonds. The van der Waals surface area contributed by atoms with Crippen molar-refractivity contribution >= 4 is 43.6 Å². The first-order valence-electron chi connectivity index (χ1n) is 21.8. The third-order valence-electron chi connectivity index (χ3n) is 13.6. The lowest BCUT2D eigenvalue weighted by Crippen LogP contribution is -2.28. The summed E-state index contributed by atoms with van der Waals surface area (Å²) in [5, 5.41) is 4.97. The smallest absolute Gasteiger partial charge is 0.0713 e. The zero-order valence-corrected chi connectivity index (χ0v) is 34.5. The van der Waals surface area contributed by atoms with Crippen molar-refractivity contribution in [3.8, 4) is 44.8 Å². The topological polar surface area (TPSA) is 9.86 Å². The largest absolute Gasteiger partial charge is 0.309 e. The average Bonchev–Trinajstić information content (AvgIpc) is 3.97. The van der Waals surface area contributed by atoms with Crippen LogP contribution in [0, 0.1) is 0 Å². The molecule has 0 fully saturated rings. The molecule has 0 bridgehead atoms. The fourth-order valence-corrected chi connectivity index (χ4v) is 10.9. The van der Waals surface area contributed by atoms with Crippen molar-refractivity contribution < 1.29 is 0 Å². The van der Waals surface area contributed by atoms with E-state index in [2.05, 4.69) is 252 Å². The molecule has 1 aliphatic carbocycles. The number of hydrogen-bond acceptors (Lipinski definition) is 0. The molecule has 10 aromatic carbocycles. The highest BCUT2D eigenvalue weighted by atomic mass is 15.0. The fourth-order valence-electron chi connectivity index (χ4n) is 10.9. The van der Waals surface area contributed by atoms with Gasteiger partial charge in [0.2, 0.25) is 0 Å². The average molecular weight is 801 g/mol. The second-order valence-corrected chi connectivity index (χ2v) is 16.8. The summed E-state index contributed by atoms with van der Waals surface area (Å²) in [5.74, 6) is 0. The van der Waals surface area contributed by atoms with E-state index in [1.165, 1.54) is 99.2 Å². The Morgan fingerprint density at radius 3 is 1.44 bits per heavy atom. The minimum Gasteiger partial charge on any atom is -0.309 e. The minimum atomic E-state index is -0.485. The van der Waals surface area contributed by atoms with E-state index in [-0.39, 0.29) is 0 Å². The van der Waals surface area contributed by atoms with Crippen LogP contribution in [0.4, 0.5) is 0 Å². The Kier molecular flexibility index (Phi) is 7.85. The van der Waals surface area contributed by atoms with Crippen LogP contribution >= 0.6 is 0 Å². The molecule has 0 saturated carbocycles. The summed E-state index contributed by atoms with van der Waals surface area (Å²) in [6.07, 6.45) is 0. The highest BCUT2D eigenvalue weighted by Gasteiger charge is 2.46. The van der Waals surface area contributed by atoms with Gasteiger partial charge >= 0.3 is 0 Å². The monoisotopic (exact) mass is 800 g/mol. The Balaban J connectivity index is 1.05. The third kappa shape index (κ3) is 5.25. The van der Waals surface area contributed by atoms with Crippen molar-refractivity contribution in [3.63, 3.8) is 0 Å². The van der Waals surface area contributed by atoms with Crippen LogP contribution in [0.2, 0.25) is 0 Å². The van der Waals surface area contributed by atoms with E-state index in [4.69, 9.17) is 0 Å². The van der Waals surface area contributed by atoms with Gasteiger partial charge in [0.1, 0.15) is 0 Å². The van der Waals surface area contributed by atoms with Crippen molar-refractivity contribution in [1.82, 2.24) is 9.13 Å². The van der Waals surface area contributed by atoms with Crippen LogP contribution < -0.4 is 0 Å². The highest BCUT2D eigenvalue weighted by molar-refractivity contribution is 6.14. The molecule has 12 aromatic rings. The summed E-state index contributed by atoms with van der Waals surface area (Å²) in [6.45, 7) is 0. The summed E-state index contributed by atoms with van der Waals surface area (Å²) in [5.41, 5.74) is 19.2. The van der Waals surface area contributed by atoms with Crippen molar-refractivity contribution in [3.05, 3.63) is 265 Å². The molecule has 2 aromatic heterocycles. The Labute approximate surface area is 366 Å². The number of fused-ring (bicyclic) bond motifs is 9. The molecule has 2 heteroatoms. The molecule has 0 unspecified atom stereocenters. The SMILES string of the molecule is c1ccc(-c2cccc(-n3c4ccccc4c4cc(-c5ccc6c(c5)c5cc7c(cc5n6-c5ccccc5)-c5ccccc5C7(c5ccccc5)c5ccccc5)ccc43)c2)cc1. The molecule has 0 spiro atoms. The molecule has 13 rings (SSSR count). The van der Waals surface area contributed by atoms with E-state index in [0.29, 0.717) is 0 Å². The van der Waals surface area contributed by atoms with Crippen LogP contribution in [0.5, 0.6) is 0 Å². The second-order valence-electron chi connectivity index (χ2n) is 16.8. The Morgan fingerprint density at radius 2 is 0.746 bits per heavy atom. The van der Waals surface area contributed by atoms with Crippen LogP contribution in [0.1, 0.15) is 22.3 Å². The second kappa shape index (κ2) is 13.9. The van der Waals surface area contributed by atoms with Gasteiger partial charge in [-0.3, -0.25) is 0 Å². The maximum Gasteiger partial charge on any atom is 0.0713 e. The van der Waals surface area contributed by atoms with Gasteiger partial charge in [-0.05, 0) is 122 Å². The third-order valence-corrected chi connectivity index (χ3v) is 13.6. The number of nitrogens with zero attached hydrogens (tertiary/aromatic N) is 2. The molecule has 0 N–H and O–H groups in total. The number of aromatic nitrogens is 2. The first-order valence-corrected chi connectivity index (χ1v) is 21.8. The number of hydrogen-bond donors (Lipinski definition) is 0. The molecule has 0 aliphatic heterocycles. The summed E-state index contributed by atoms with van der Waals surface area (Å²) in [4.78, 5) is 0. The lowest BCUT2D eigenvalue weighted by molar-refractivity contribution is 0.769. The number of benzene rings is 10. The number of rotatable bonds is 6. The van der Waals surface area contributed by atoms with Gasteiger partial charge in [0.05, 0.1) is 27.5 Å². The molecule has 294 valence electrons. The van der Waals surface area contributed by atoms with Crippen molar-refractivity contribution in [1.29, 1.82) is 0 Å². The summed E-state index contributed by atoms with van der Waals surface area (Å²) < 4.78 is 4.88. The van der Waals surface area contributed by atoms with Gasteiger partial charge in [-0.2, -0.15) is 0 Å². The van der Waals surface area contributed by atoms with Gasteiger partial charge in [0.25, 0.3) is 0 Å². The Morgan fingerprint density at radius 1 is 0.254 bits per heavy atom. The normalized spacial score (nSPS) is 12.9. The lowest BCUT2D eigenvalue weighted by Gasteiger charge is -2.34. The van der Waals surface area contributed by atoms with Gasteiger partial charge in [-0.1, -0.05) is 176 Å². The molecule has 2 heterocycles. The van der Waals surface area contributed by atoms with E-state index in [1.807, 2.05) is 0 Å². The van der Waals surface area contributed by atoms with Crippen LogP contribution in [-0.4, -0.2) is 9.13 Å². The maximum atomic E-state index is 2.52. The molecule has 0 radical (unpaired) electrons. The predicted octanol–water partition coefficient (Wildman–Crippen LogP) is 15.6. The first kappa shape index (κ1) is 35.5. The minimum absolute atomic E-state index is 0.485. The predicted molar refractivity (Wildman–Crippen MR) is 263 cm³/mol. The van der Waals surface area contributed by atoms with Crippen LogP contribution in [-0.2, 0) is 5.41 Å². The molecule has 63 heavy (non-hydrogen) atoms. The maximum absolute atomic E-state index is 2.52. The Bertz CT molecular complexity index is 3670. The molecule has 1 aliphatic rings. The van der Waals surface area contributed by atoms with Crippen LogP contribution in [0.25, 0.3) is 88.4 Å². The summed E-state index contributed by atoms with van der Waals surface area (Å²) in [6, 6.07) is 89.6. The van der Waals surface area contributed by atoms with E-state index in [9.17, 15) is 0 Å². The molecular weight excluding hydrogens is 761 g/mol. The standard InChI is InChI=1S/C61H40N2/c1-5-18-41(19-6-1)42-20-17-27-48(36-42)63-57-31-16-14-29-50(57)52-37-43(32-34-58(52)63)44-33-35-59-53(38-44)54-39-56-51(40-60(54)62(59)47-25-11-4-12-26-47)49-28-13-15-30-55(49)61(56,45-21-7-2-8-22-45)46-23-9-3-10-24-46/h1-40H. The zero-order chi connectivity index (χ0) is 41.5. The molecular formula is C61H40N2. The van der Waals surface area contributed by atoms with E-state index in [0.717, 1.165) is 11.4 Å². The van der Waals surface area contributed by atoms with Gasteiger partial charge in [0, 0.05) is 32.9 Å². The van der Waals surface area contributed by atoms with E-state index >= 15 is 0 Å². The quantitative estimate of drug-likeness (QED) is 0.159. The van der Waals surface area contributed by atoms with Gasteiger partial charge in [-0.25, -0.2) is 0 Å². The van der Waals surface area contributed by atoms with Gasteiger partial charge in [-0.15, -0.1) is 0 Å². The summed E-state index contributed by atoms with van der Waals surface area (Å²) >= 11 is 0. The van der Waals surface area contributed by atoms with Crippen LogP contribution in [0.15, 0.2) is 243 Å². The van der Waals surface area contributed by atoms with Gasteiger partial charge < -0.3 is 9.13 Å².